The Labute approximate surface area is 162 Å². The molecular weight excluding hydrogens is 374 g/mol. The van der Waals surface area contributed by atoms with Gasteiger partial charge in [-0.2, -0.15) is 0 Å². The summed E-state index contributed by atoms with van der Waals surface area (Å²) in [5.41, 5.74) is 1.06. The number of hydrogen-bond acceptors (Lipinski definition) is 6. The Kier molecular flexibility index (Phi) is 7.99. The molecule has 3 rings (SSSR count). The zero-order chi connectivity index (χ0) is 17.5. The summed E-state index contributed by atoms with van der Waals surface area (Å²) < 4.78 is 0. The van der Waals surface area contributed by atoms with Gasteiger partial charge < -0.3 is 10.6 Å². The number of imide groups is 1. The van der Waals surface area contributed by atoms with Gasteiger partial charge in [0.15, 0.2) is 0 Å². The molecule has 26 heavy (non-hydrogen) atoms. The van der Waals surface area contributed by atoms with Gasteiger partial charge in [-0.25, -0.2) is 4.79 Å². The number of carbonyl (C=O) groups excluding carboxylic acids is 2. The van der Waals surface area contributed by atoms with E-state index in [1.165, 1.54) is 0 Å². The van der Waals surface area contributed by atoms with E-state index in [0.717, 1.165) is 30.1 Å². The van der Waals surface area contributed by atoms with Crippen molar-refractivity contribution in [2.24, 2.45) is 0 Å². The first-order valence-electron chi connectivity index (χ1n) is 8.17. The van der Waals surface area contributed by atoms with Gasteiger partial charge >= 0.3 is 6.03 Å². The molecule has 1 aliphatic heterocycles. The van der Waals surface area contributed by atoms with Crippen molar-refractivity contribution in [3.63, 3.8) is 0 Å². The van der Waals surface area contributed by atoms with Gasteiger partial charge in [0.2, 0.25) is 5.91 Å². The summed E-state index contributed by atoms with van der Waals surface area (Å²) >= 11 is 1.56. The molecular formula is C17H22ClN5O2S. The average Bonchev–Trinajstić information content (AvgIpc) is 3.15. The van der Waals surface area contributed by atoms with Gasteiger partial charge in [0, 0.05) is 42.9 Å². The molecule has 0 aromatic carbocycles. The number of nitrogens with one attached hydrogen (secondary N) is 3. The lowest BCUT2D eigenvalue weighted by Crippen LogP contribution is -2.51. The Hall–Kier alpha value is -2.00. The number of piperazine rings is 1. The van der Waals surface area contributed by atoms with Gasteiger partial charge in [-0.1, -0.05) is 12.1 Å². The van der Waals surface area contributed by atoms with E-state index < -0.39 is 6.03 Å². The van der Waals surface area contributed by atoms with Crippen LogP contribution < -0.4 is 16.0 Å². The van der Waals surface area contributed by atoms with Crippen molar-refractivity contribution >= 4 is 35.7 Å². The maximum Gasteiger partial charge on any atom is 0.321 e. The van der Waals surface area contributed by atoms with Crippen molar-refractivity contribution < 1.29 is 9.59 Å². The third kappa shape index (κ3) is 5.77. The van der Waals surface area contributed by atoms with E-state index in [4.69, 9.17) is 0 Å². The molecule has 1 unspecified atom stereocenters. The Morgan fingerprint density at radius 2 is 2.23 bits per heavy atom. The van der Waals surface area contributed by atoms with E-state index >= 15 is 0 Å². The van der Waals surface area contributed by atoms with Crippen LogP contribution in [-0.2, 0) is 11.3 Å². The third-order valence-corrected chi connectivity index (χ3v) is 4.90. The largest absolute Gasteiger partial charge is 0.333 e. The minimum atomic E-state index is -0.466. The molecule has 0 radical (unpaired) electrons. The summed E-state index contributed by atoms with van der Waals surface area (Å²) in [6.45, 7) is 2.90. The fraction of sp³-hybridized carbons (Fsp3) is 0.353. The molecule has 0 spiro atoms. The lowest BCUT2D eigenvalue weighted by atomic mass is 10.1. The first kappa shape index (κ1) is 20.3. The van der Waals surface area contributed by atoms with Crippen molar-refractivity contribution in [3.05, 3.63) is 52.5 Å². The number of urea groups is 1. The molecule has 0 saturated carbocycles. The molecule has 1 fully saturated rings. The standard InChI is InChI=1S/C17H21N5O2S.ClH/c23-16(21-17(24)20-10-14-4-2-8-25-14)12-22-7-6-19-11-15(22)13-3-1-5-18-9-13;/h1-5,8-9,15,19H,6-7,10-12H2,(H2,20,21,23,24);1H. The molecule has 9 heteroatoms. The van der Waals surface area contributed by atoms with Gasteiger partial charge in [0.05, 0.1) is 13.1 Å². The summed E-state index contributed by atoms with van der Waals surface area (Å²) in [6.07, 6.45) is 3.55. The number of halogens is 1. The highest BCUT2D eigenvalue weighted by atomic mass is 35.5. The fourth-order valence-corrected chi connectivity index (χ4v) is 3.46. The first-order chi connectivity index (χ1) is 12.2. The predicted octanol–water partition coefficient (Wildman–Crippen LogP) is 1.54. The van der Waals surface area contributed by atoms with E-state index in [1.54, 1.807) is 17.5 Å². The van der Waals surface area contributed by atoms with Crippen molar-refractivity contribution in [1.82, 2.24) is 25.8 Å². The number of rotatable bonds is 5. The molecule has 3 heterocycles. The van der Waals surface area contributed by atoms with Gasteiger partial charge in [-0.3, -0.25) is 20.0 Å². The number of carbonyl (C=O) groups is 2. The molecule has 2 aromatic rings. The fourth-order valence-electron chi connectivity index (χ4n) is 2.81. The highest BCUT2D eigenvalue weighted by molar-refractivity contribution is 7.09. The molecule has 3 N–H and O–H groups in total. The minimum absolute atomic E-state index is 0. The van der Waals surface area contributed by atoms with E-state index in [2.05, 4.69) is 25.8 Å². The molecule has 1 aliphatic rings. The predicted molar refractivity (Wildman–Crippen MR) is 103 cm³/mol. The summed E-state index contributed by atoms with van der Waals surface area (Å²) in [7, 11) is 0. The molecule has 0 bridgehead atoms. The van der Waals surface area contributed by atoms with Crippen molar-refractivity contribution in [2.75, 3.05) is 26.2 Å². The Morgan fingerprint density at radius 3 is 2.96 bits per heavy atom. The second-order valence-corrected chi connectivity index (χ2v) is 6.82. The lowest BCUT2D eigenvalue weighted by molar-refractivity contribution is -0.122. The van der Waals surface area contributed by atoms with E-state index in [-0.39, 0.29) is 30.9 Å². The molecule has 140 valence electrons. The van der Waals surface area contributed by atoms with Crippen LogP contribution in [0.4, 0.5) is 4.79 Å². The quantitative estimate of drug-likeness (QED) is 0.714. The average molecular weight is 396 g/mol. The molecule has 7 nitrogen and oxygen atoms in total. The van der Waals surface area contributed by atoms with Crippen LogP contribution in [0.15, 0.2) is 42.0 Å². The Bertz CT molecular complexity index is 698. The van der Waals surface area contributed by atoms with E-state index in [1.807, 2.05) is 35.8 Å². The first-order valence-corrected chi connectivity index (χ1v) is 9.05. The number of nitrogens with zero attached hydrogens (tertiary/aromatic N) is 2. The summed E-state index contributed by atoms with van der Waals surface area (Å²) in [5.74, 6) is -0.306. The topological polar surface area (TPSA) is 86.4 Å². The van der Waals surface area contributed by atoms with Crippen LogP contribution in [0.3, 0.4) is 0 Å². The molecule has 0 aliphatic carbocycles. The van der Waals surface area contributed by atoms with Crippen molar-refractivity contribution in [3.8, 4) is 0 Å². The van der Waals surface area contributed by atoms with Crippen LogP contribution in [0.25, 0.3) is 0 Å². The monoisotopic (exact) mass is 395 g/mol. The summed E-state index contributed by atoms with van der Waals surface area (Å²) in [6, 6.07) is 7.36. The zero-order valence-corrected chi connectivity index (χ0v) is 15.8. The van der Waals surface area contributed by atoms with Gasteiger partial charge in [-0.05, 0) is 23.1 Å². The number of aromatic nitrogens is 1. The lowest BCUT2D eigenvalue weighted by Gasteiger charge is -2.35. The maximum absolute atomic E-state index is 12.2. The normalized spacial score (nSPS) is 17.2. The van der Waals surface area contributed by atoms with Gasteiger partial charge in [0.25, 0.3) is 0 Å². The second-order valence-electron chi connectivity index (χ2n) is 5.79. The highest BCUT2D eigenvalue weighted by Gasteiger charge is 2.26. The molecule has 1 saturated heterocycles. The number of amides is 3. The molecule has 3 amide bonds. The minimum Gasteiger partial charge on any atom is -0.333 e. The smallest absolute Gasteiger partial charge is 0.321 e. The highest BCUT2D eigenvalue weighted by Crippen LogP contribution is 2.20. The summed E-state index contributed by atoms with van der Waals surface area (Å²) in [5, 5.41) is 10.4. The Balaban J connectivity index is 0.00000243. The second kappa shape index (κ2) is 10.2. The van der Waals surface area contributed by atoms with E-state index in [9.17, 15) is 9.59 Å². The summed E-state index contributed by atoms with van der Waals surface area (Å²) in [4.78, 5) is 31.3. The Morgan fingerprint density at radius 1 is 1.35 bits per heavy atom. The van der Waals surface area contributed by atoms with Gasteiger partial charge in [0.1, 0.15) is 0 Å². The number of pyridine rings is 1. The van der Waals surface area contributed by atoms with Crippen LogP contribution in [0.5, 0.6) is 0 Å². The number of thiophene rings is 1. The third-order valence-electron chi connectivity index (χ3n) is 4.03. The van der Waals surface area contributed by atoms with Crippen LogP contribution >= 0.6 is 23.7 Å². The van der Waals surface area contributed by atoms with Gasteiger partial charge in [-0.15, -0.1) is 23.7 Å². The molecule has 1 atom stereocenters. The van der Waals surface area contributed by atoms with E-state index in [0.29, 0.717) is 6.54 Å². The van der Waals surface area contributed by atoms with Crippen LogP contribution in [0, 0.1) is 0 Å². The SMILES string of the molecule is Cl.O=C(CN1CCNCC1c1cccnc1)NC(=O)NCc1cccs1. The number of hydrogen-bond donors (Lipinski definition) is 3. The van der Waals surface area contributed by atoms with Crippen molar-refractivity contribution in [1.29, 1.82) is 0 Å². The maximum atomic E-state index is 12.2. The van der Waals surface area contributed by atoms with Crippen LogP contribution in [-0.4, -0.2) is 48.0 Å². The zero-order valence-electron chi connectivity index (χ0n) is 14.2. The van der Waals surface area contributed by atoms with Crippen LogP contribution in [0.2, 0.25) is 0 Å². The van der Waals surface area contributed by atoms with Crippen molar-refractivity contribution in [2.45, 2.75) is 12.6 Å². The van der Waals surface area contributed by atoms with Crippen LogP contribution in [0.1, 0.15) is 16.5 Å². The molecule has 2 aromatic heterocycles.